The van der Waals surface area contributed by atoms with Crippen LogP contribution in [0.25, 0.3) is 0 Å². The van der Waals surface area contributed by atoms with E-state index in [4.69, 9.17) is 10.2 Å². The van der Waals surface area contributed by atoms with E-state index < -0.39 is 0 Å². The molecule has 0 saturated heterocycles. The van der Waals surface area contributed by atoms with Crippen molar-refractivity contribution >= 4 is 46.9 Å². The minimum absolute atomic E-state index is 0.0123. The second-order valence-corrected chi connectivity index (χ2v) is 8.69. The molecule has 2 atom stereocenters. The summed E-state index contributed by atoms with van der Waals surface area (Å²) in [6.45, 7) is 10.8. The highest BCUT2D eigenvalue weighted by atomic mass is 32.2. The van der Waals surface area contributed by atoms with Gasteiger partial charge in [-0.2, -0.15) is 11.8 Å². The van der Waals surface area contributed by atoms with Crippen LogP contribution in [0.1, 0.15) is 13.8 Å². The lowest BCUT2D eigenvalue weighted by Crippen LogP contribution is -2.25. The fraction of sp³-hybridized carbons (Fsp3) is 0.625. The third kappa shape index (κ3) is 9.62. The van der Waals surface area contributed by atoms with Gasteiger partial charge in [-0.3, -0.25) is 9.59 Å². The van der Waals surface area contributed by atoms with Gasteiger partial charge in [-0.25, -0.2) is 0 Å². The van der Waals surface area contributed by atoms with Crippen LogP contribution in [0.5, 0.6) is 0 Å². The molecule has 0 aromatic heterocycles. The molecule has 0 aromatic carbocycles. The van der Waals surface area contributed by atoms with E-state index in [1.807, 2.05) is 0 Å². The Labute approximate surface area is 151 Å². The van der Waals surface area contributed by atoms with E-state index in [1.54, 1.807) is 13.8 Å². The summed E-state index contributed by atoms with van der Waals surface area (Å²) < 4.78 is 0. The predicted molar refractivity (Wildman–Crippen MR) is 104 cm³/mol. The number of thioether (sulfide) groups is 3. The van der Waals surface area contributed by atoms with Crippen LogP contribution in [0.15, 0.2) is 24.3 Å². The zero-order valence-corrected chi connectivity index (χ0v) is 16.2. The summed E-state index contributed by atoms with van der Waals surface area (Å²) in [6.07, 6.45) is 0. The first-order chi connectivity index (χ1) is 10.8. The monoisotopic (exact) mass is 378 g/mol. The third-order valence-corrected chi connectivity index (χ3v) is 6.75. The Balaban J connectivity index is 4.60. The third-order valence-electron chi connectivity index (χ3n) is 2.79. The number of aliphatic hydroxyl groups is 2. The smallest absolute Gasteiger partial charge is 0.171 e. The minimum Gasteiger partial charge on any atom is -0.396 e. The van der Waals surface area contributed by atoms with Crippen molar-refractivity contribution in [1.29, 1.82) is 0 Å². The van der Waals surface area contributed by atoms with E-state index in [9.17, 15) is 9.59 Å². The summed E-state index contributed by atoms with van der Waals surface area (Å²) in [4.78, 5) is 24.2. The zero-order valence-electron chi connectivity index (χ0n) is 13.7. The Kier molecular flexibility index (Phi) is 13.0. The molecular formula is C16H26O4S3. The summed E-state index contributed by atoms with van der Waals surface area (Å²) in [5, 5.41) is 17.4. The molecule has 0 spiro atoms. The van der Waals surface area contributed by atoms with Crippen molar-refractivity contribution in [3.05, 3.63) is 24.3 Å². The van der Waals surface area contributed by atoms with E-state index in [0.29, 0.717) is 34.2 Å². The van der Waals surface area contributed by atoms with Crippen LogP contribution in [0.4, 0.5) is 0 Å². The van der Waals surface area contributed by atoms with Crippen LogP contribution in [0.2, 0.25) is 0 Å². The summed E-state index contributed by atoms with van der Waals surface area (Å²) in [5.74, 6) is 2.10. The lowest BCUT2D eigenvalue weighted by atomic mass is 10.2. The van der Waals surface area contributed by atoms with Crippen LogP contribution in [-0.4, -0.2) is 68.5 Å². The second kappa shape index (κ2) is 13.1. The Morgan fingerprint density at radius 1 is 0.870 bits per heavy atom. The highest BCUT2D eigenvalue weighted by Gasteiger charge is 2.23. The van der Waals surface area contributed by atoms with Crippen molar-refractivity contribution < 1.29 is 19.8 Å². The largest absolute Gasteiger partial charge is 0.396 e. The number of Topliss-reactive ketones (excluding diaryl/α,β-unsaturated/α-hetero) is 2. The average molecular weight is 379 g/mol. The number of carbonyl (C=O) groups excluding carboxylic acids is 2. The fourth-order valence-electron chi connectivity index (χ4n) is 1.62. The fourth-order valence-corrected chi connectivity index (χ4v) is 5.32. The average Bonchev–Trinajstić information content (AvgIpc) is 2.51. The number of ketones is 2. The summed E-state index contributed by atoms with van der Waals surface area (Å²) in [5.41, 5.74) is 1.01. The maximum atomic E-state index is 12.1. The number of allylic oxidation sites excluding steroid dienone is 2. The molecule has 0 bridgehead atoms. The Morgan fingerprint density at radius 3 is 1.48 bits per heavy atom. The first kappa shape index (κ1) is 22.8. The summed E-state index contributed by atoms with van der Waals surface area (Å²) in [6, 6.07) is 0. The first-order valence-electron chi connectivity index (χ1n) is 7.27. The molecule has 132 valence electrons. The molecule has 0 saturated carbocycles. The second-order valence-electron chi connectivity index (χ2n) is 4.99. The van der Waals surface area contributed by atoms with E-state index >= 15 is 0 Å². The summed E-state index contributed by atoms with van der Waals surface area (Å²) >= 11 is 4.36. The Hall–Kier alpha value is -0.210. The van der Waals surface area contributed by atoms with Crippen molar-refractivity contribution in [3.8, 4) is 0 Å². The molecule has 23 heavy (non-hydrogen) atoms. The van der Waals surface area contributed by atoms with Gasteiger partial charge in [-0.15, -0.1) is 23.5 Å². The van der Waals surface area contributed by atoms with Crippen molar-refractivity contribution in [2.24, 2.45) is 0 Å². The molecule has 2 unspecified atom stereocenters. The van der Waals surface area contributed by atoms with Gasteiger partial charge in [0.15, 0.2) is 11.6 Å². The minimum atomic E-state index is -0.256. The van der Waals surface area contributed by atoms with Crippen molar-refractivity contribution in [1.82, 2.24) is 0 Å². The van der Waals surface area contributed by atoms with E-state index in [2.05, 4.69) is 13.2 Å². The number of aliphatic hydroxyl groups excluding tert-OH is 2. The SMILES string of the molecule is C=C(C)C(=O)C(CSCC(SCCO)C(=O)C(=C)C)SCCO. The normalized spacial score (nSPS) is 13.4. The molecule has 0 aliphatic heterocycles. The lowest BCUT2D eigenvalue weighted by Gasteiger charge is -2.18. The number of carbonyl (C=O) groups is 2. The van der Waals surface area contributed by atoms with Gasteiger partial charge in [-0.05, 0) is 25.0 Å². The van der Waals surface area contributed by atoms with Crippen LogP contribution in [-0.2, 0) is 9.59 Å². The van der Waals surface area contributed by atoms with E-state index in [-0.39, 0.29) is 35.3 Å². The molecule has 0 aliphatic rings. The van der Waals surface area contributed by atoms with E-state index in [1.165, 1.54) is 35.3 Å². The standard InChI is InChI=1S/C16H26O4S3/c1-11(2)15(19)13(22-7-5-17)9-21-10-14(23-8-6-18)16(20)12(3)4/h13-14,17-18H,1,3,5-10H2,2,4H3. The number of rotatable bonds is 14. The van der Waals surface area contributed by atoms with Crippen molar-refractivity contribution in [3.63, 3.8) is 0 Å². The van der Waals surface area contributed by atoms with Gasteiger partial charge in [0.25, 0.3) is 0 Å². The number of hydrogen-bond donors (Lipinski definition) is 2. The van der Waals surface area contributed by atoms with Gasteiger partial charge in [0.1, 0.15) is 0 Å². The molecule has 0 aliphatic carbocycles. The van der Waals surface area contributed by atoms with E-state index in [0.717, 1.165) is 0 Å². The molecule has 0 radical (unpaired) electrons. The lowest BCUT2D eigenvalue weighted by molar-refractivity contribution is -0.115. The highest BCUT2D eigenvalue weighted by Crippen LogP contribution is 2.24. The van der Waals surface area contributed by atoms with Gasteiger partial charge < -0.3 is 10.2 Å². The molecule has 4 nitrogen and oxygen atoms in total. The topological polar surface area (TPSA) is 74.6 Å². The zero-order chi connectivity index (χ0) is 17.8. The van der Waals surface area contributed by atoms with Gasteiger partial charge in [0, 0.05) is 23.0 Å². The molecule has 0 fully saturated rings. The maximum Gasteiger partial charge on any atom is 0.171 e. The maximum absolute atomic E-state index is 12.1. The van der Waals surface area contributed by atoms with Gasteiger partial charge in [0.2, 0.25) is 0 Å². The molecule has 0 amide bonds. The Morgan fingerprint density at radius 2 is 1.22 bits per heavy atom. The molecule has 0 aromatic rings. The van der Waals surface area contributed by atoms with Crippen molar-refractivity contribution in [2.45, 2.75) is 24.3 Å². The number of hydrogen-bond acceptors (Lipinski definition) is 7. The van der Waals surface area contributed by atoms with Gasteiger partial charge in [0.05, 0.1) is 23.7 Å². The van der Waals surface area contributed by atoms with Crippen LogP contribution >= 0.6 is 35.3 Å². The Bertz CT molecular complexity index is 386. The highest BCUT2D eigenvalue weighted by molar-refractivity contribution is 8.05. The first-order valence-corrected chi connectivity index (χ1v) is 10.5. The molecule has 7 heteroatoms. The van der Waals surface area contributed by atoms with Crippen LogP contribution in [0, 0.1) is 0 Å². The van der Waals surface area contributed by atoms with Gasteiger partial charge in [-0.1, -0.05) is 13.2 Å². The molecule has 0 rings (SSSR count). The quantitative estimate of drug-likeness (QED) is 0.449. The molecule has 0 heterocycles. The van der Waals surface area contributed by atoms with Crippen LogP contribution < -0.4 is 0 Å². The van der Waals surface area contributed by atoms with Gasteiger partial charge >= 0.3 is 0 Å². The molecular weight excluding hydrogens is 352 g/mol. The van der Waals surface area contributed by atoms with Crippen LogP contribution in [0.3, 0.4) is 0 Å². The predicted octanol–water partition coefficient (Wildman–Crippen LogP) is 2.20. The van der Waals surface area contributed by atoms with Crippen molar-refractivity contribution in [2.75, 3.05) is 36.2 Å². The summed E-state index contributed by atoms with van der Waals surface area (Å²) in [7, 11) is 0. The molecule has 2 N–H and O–H groups in total.